The monoisotopic (exact) mass is 584 g/mol. The van der Waals surface area contributed by atoms with E-state index in [-0.39, 0.29) is 23.0 Å². The number of nitrogens with one attached hydrogen (secondary N) is 1. The molecule has 0 unspecified atom stereocenters. The summed E-state index contributed by atoms with van der Waals surface area (Å²) in [6.07, 6.45) is -0.172. The molecule has 1 amide bonds. The molecule has 13 heteroatoms. The Morgan fingerprint density at radius 3 is 2.45 bits per heavy atom. The number of carbonyl (C=O) groups is 1. The first-order valence-electron chi connectivity index (χ1n) is 13.5. The number of hydrogen-bond acceptors (Lipinski definition) is 6. The smallest absolute Gasteiger partial charge is 0.369 e. The number of hydrogen-bond donors (Lipinski definition) is 1. The van der Waals surface area contributed by atoms with Crippen LogP contribution in [0.25, 0.3) is 16.9 Å². The third-order valence-corrected chi connectivity index (χ3v) is 7.96. The summed E-state index contributed by atoms with van der Waals surface area (Å²) in [4.78, 5) is 17.0. The number of anilines is 2. The Balaban J connectivity index is 1.44. The molecule has 1 aliphatic rings. The van der Waals surface area contributed by atoms with Crippen molar-refractivity contribution in [3.63, 3.8) is 0 Å². The van der Waals surface area contributed by atoms with Gasteiger partial charge in [-0.15, -0.1) is 5.10 Å². The molecule has 0 saturated carbocycles. The first-order valence-corrected chi connectivity index (χ1v) is 13.5. The van der Waals surface area contributed by atoms with Gasteiger partial charge in [-0.05, 0) is 76.7 Å². The van der Waals surface area contributed by atoms with Crippen LogP contribution in [0.5, 0.6) is 0 Å². The van der Waals surface area contributed by atoms with Gasteiger partial charge in [-0.3, -0.25) is 9.48 Å². The summed E-state index contributed by atoms with van der Waals surface area (Å²) in [5, 5.41) is 15.2. The van der Waals surface area contributed by atoms with E-state index in [2.05, 4.69) is 25.6 Å². The molecule has 0 radical (unpaired) electrons. The van der Waals surface area contributed by atoms with E-state index in [4.69, 9.17) is 0 Å². The van der Waals surface area contributed by atoms with Gasteiger partial charge in [0.2, 0.25) is 0 Å². The minimum absolute atomic E-state index is 0.134. The minimum Gasteiger partial charge on any atom is -0.369 e. The molecule has 3 heterocycles. The summed E-state index contributed by atoms with van der Waals surface area (Å²) in [7, 11) is 5.38. The largest absolute Gasteiger partial charge is 0.419 e. The topological polar surface area (TPSA) is 84.1 Å². The lowest BCUT2D eigenvalue weighted by Gasteiger charge is -2.37. The molecule has 0 atom stereocenters. The van der Waals surface area contributed by atoms with E-state index in [9.17, 15) is 18.0 Å². The summed E-state index contributed by atoms with van der Waals surface area (Å²) in [5.41, 5.74) is 2.09. The Morgan fingerprint density at radius 2 is 1.81 bits per heavy atom. The standard InChI is InChI=1S/C29H32F4N8O/c1-17-6-7-19(12-25(17)41-16-24(36-37-41)22-15-34-40(5)18(22)2)28(42)35-20-13-23(29(31,32)33)27(30)26(14-20)39(4)21-8-10-38(3)11-9-21/h6-7,12-16,21H,8-11H2,1-5H3,(H,35,42). The predicted molar refractivity (Wildman–Crippen MR) is 151 cm³/mol. The van der Waals surface area contributed by atoms with Crippen LogP contribution in [-0.2, 0) is 13.2 Å². The van der Waals surface area contributed by atoms with Crippen LogP contribution in [0, 0.1) is 19.7 Å². The van der Waals surface area contributed by atoms with Crippen molar-refractivity contribution >= 4 is 17.3 Å². The van der Waals surface area contributed by atoms with E-state index in [1.807, 2.05) is 27.9 Å². The van der Waals surface area contributed by atoms with Crippen LogP contribution in [0.2, 0.25) is 0 Å². The molecule has 5 rings (SSSR count). The number of piperidine rings is 1. The van der Waals surface area contributed by atoms with E-state index in [1.165, 1.54) is 10.7 Å². The van der Waals surface area contributed by atoms with Gasteiger partial charge in [0.25, 0.3) is 5.91 Å². The van der Waals surface area contributed by atoms with Gasteiger partial charge < -0.3 is 15.1 Å². The number of alkyl halides is 3. The molecule has 2 aromatic carbocycles. The minimum atomic E-state index is -4.94. The van der Waals surface area contributed by atoms with Crippen LogP contribution in [0.1, 0.15) is 40.0 Å². The average Bonchev–Trinajstić information content (AvgIpc) is 3.55. The van der Waals surface area contributed by atoms with Crippen molar-refractivity contribution in [1.82, 2.24) is 29.7 Å². The van der Waals surface area contributed by atoms with Crippen LogP contribution in [-0.4, -0.2) is 68.8 Å². The van der Waals surface area contributed by atoms with Gasteiger partial charge in [-0.25, -0.2) is 9.07 Å². The quantitative estimate of drug-likeness (QED) is 0.313. The molecular weight excluding hydrogens is 552 g/mol. The van der Waals surface area contributed by atoms with Gasteiger partial charge in [0.05, 0.1) is 29.3 Å². The maximum atomic E-state index is 15.2. The fraction of sp³-hybridized carbons (Fsp3) is 0.379. The van der Waals surface area contributed by atoms with Crippen molar-refractivity contribution in [3.05, 3.63) is 70.9 Å². The number of rotatable bonds is 6. The zero-order valence-electron chi connectivity index (χ0n) is 24.0. The molecule has 0 bridgehead atoms. The predicted octanol–water partition coefficient (Wildman–Crippen LogP) is 5.23. The van der Waals surface area contributed by atoms with Crippen molar-refractivity contribution in [3.8, 4) is 16.9 Å². The number of amides is 1. The van der Waals surface area contributed by atoms with Crippen LogP contribution >= 0.6 is 0 Å². The van der Waals surface area contributed by atoms with E-state index in [1.54, 1.807) is 47.2 Å². The third-order valence-electron chi connectivity index (χ3n) is 7.96. The lowest BCUT2D eigenvalue weighted by molar-refractivity contribution is -0.139. The zero-order chi connectivity index (χ0) is 30.3. The lowest BCUT2D eigenvalue weighted by Crippen LogP contribution is -2.42. The number of likely N-dealkylation sites (tertiary alicyclic amines) is 1. The van der Waals surface area contributed by atoms with E-state index in [0.29, 0.717) is 30.3 Å². The fourth-order valence-electron chi connectivity index (χ4n) is 5.18. The van der Waals surface area contributed by atoms with E-state index >= 15 is 4.39 Å². The second-order valence-corrected chi connectivity index (χ2v) is 10.8. The van der Waals surface area contributed by atoms with Gasteiger partial charge in [-0.1, -0.05) is 11.3 Å². The van der Waals surface area contributed by atoms with Crippen molar-refractivity contribution in [1.29, 1.82) is 0 Å². The number of nitrogens with zero attached hydrogens (tertiary/aromatic N) is 7. The Morgan fingerprint density at radius 1 is 1.10 bits per heavy atom. The van der Waals surface area contributed by atoms with Crippen LogP contribution in [0.3, 0.4) is 0 Å². The van der Waals surface area contributed by atoms with Crippen molar-refractivity contribution in [2.75, 3.05) is 37.4 Å². The second-order valence-electron chi connectivity index (χ2n) is 10.8. The molecule has 1 N–H and O–H groups in total. The molecule has 0 spiro atoms. The number of aromatic nitrogens is 5. The molecule has 2 aromatic heterocycles. The summed E-state index contributed by atoms with van der Waals surface area (Å²) < 4.78 is 60.1. The highest BCUT2D eigenvalue weighted by Gasteiger charge is 2.37. The molecule has 222 valence electrons. The van der Waals surface area contributed by atoms with Crippen molar-refractivity contribution in [2.24, 2.45) is 7.05 Å². The van der Waals surface area contributed by atoms with Gasteiger partial charge >= 0.3 is 6.18 Å². The number of aryl methyl sites for hydroxylation is 2. The highest BCUT2D eigenvalue weighted by atomic mass is 19.4. The third kappa shape index (κ3) is 5.73. The number of carbonyl (C=O) groups excluding carboxylic acids is 1. The van der Waals surface area contributed by atoms with Crippen LogP contribution < -0.4 is 10.2 Å². The van der Waals surface area contributed by atoms with Gasteiger partial charge in [0.1, 0.15) is 5.69 Å². The highest BCUT2D eigenvalue weighted by molar-refractivity contribution is 6.05. The SMILES string of the molecule is Cc1ccc(C(=O)Nc2cc(N(C)C3CCN(C)CC3)c(F)c(C(F)(F)F)c2)cc1-n1cc(-c2cnn(C)c2C)nn1. The Hall–Kier alpha value is -4.26. The van der Waals surface area contributed by atoms with Crippen LogP contribution in [0.15, 0.2) is 42.7 Å². The summed E-state index contributed by atoms with van der Waals surface area (Å²) in [5.74, 6) is -2.00. The van der Waals surface area contributed by atoms with Gasteiger partial charge in [0, 0.05) is 42.6 Å². The first-order chi connectivity index (χ1) is 19.8. The number of halogens is 4. The fourth-order valence-corrected chi connectivity index (χ4v) is 5.18. The maximum Gasteiger partial charge on any atom is 0.419 e. The Bertz CT molecular complexity index is 1620. The lowest BCUT2D eigenvalue weighted by atomic mass is 10.0. The molecule has 42 heavy (non-hydrogen) atoms. The summed E-state index contributed by atoms with van der Waals surface area (Å²) in [6.45, 7) is 5.26. The Labute approximate surface area is 240 Å². The molecule has 0 aliphatic carbocycles. The number of benzene rings is 2. The molecule has 1 aliphatic heterocycles. The van der Waals surface area contributed by atoms with Crippen molar-refractivity contribution in [2.45, 2.75) is 38.9 Å². The van der Waals surface area contributed by atoms with Crippen molar-refractivity contribution < 1.29 is 22.4 Å². The van der Waals surface area contributed by atoms with E-state index < -0.39 is 23.5 Å². The molecule has 4 aromatic rings. The molecule has 1 fully saturated rings. The summed E-state index contributed by atoms with van der Waals surface area (Å²) in [6, 6.07) is 6.62. The molecule has 1 saturated heterocycles. The average molecular weight is 585 g/mol. The molecular formula is C29H32F4N8O. The normalized spacial score (nSPS) is 14.8. The maximum absolute atomic E-state index is 15.2. The van der Waals surface area contributed by atoms with Crippen LogP contribution in [0.4, 0.5) is 28.9 Å². The van der Waals surface area contributed by atoms with Gasteiger partial charge in [-0.2, -0.15) is 18.3 Å². The summed E-state index contributed by atoms with van der Waals surface area (Å²) >= 11 is 0. The molecule has 9 nitrogen and oxygen atoms in total. The highest BCUT2D eigenvalue weighted by Crippen LogP contribution is 2.39. The first kappa shape index (κ1) is 29.2. The van der Waals surface area contributed by atoms with E-state index in [0.717, 1.165) is 29.9 Å². The second kappa shape index (κ2) is 11.2. The van der Waals surface area contributed by atoms with Gasteiger partial charge in [0.15, 0.2) is 5.82 Å². The Kier molecular flexibility index (Phi) is 7.80. The zero-order valence-corrected chi connectivity index (χ0v) is 24.0.